The SMILES string of the molecule is COc1ccc(OCC2CC2)c(-c2ccnc3c(C(=O)N[C@@H]4CN(C(=O)CO)C[C@H]4O)c(C)[nH]c23)c1. The summed E-state index contributed by atoms with van der Waals surface area (Å²) in [7, 11) is 1.61. The summed E-state index contributed by atoms with van der Waals surface area (Å²) in [5.41, 5.74) is 3.84. The number of pyridine rings is 1. The molecule has 4 N–H and O–H groups in total. The summed E-state index contributed by atoms with van der Waals surface area (Å²) in [5, 5.41) is 22.3. The van der Waals surface area contributed by atoms with Crippen molar-refractivity contribution in [1.29, 1.82) is 0 Å². The summed E-state index contributed by atoms with van der Waals surface area (Å²) >= 11 is 0. The number of H-pyrrole nitrogens is 1. The van der Waals surface area contributed by atoms with E-state index in [2.05, 4.69) is 15.3 Å². The zero-order valence-corrected chi connectivity index (χ0v) is 20.3. The second-order valence-electron chi connectivity index (χ2n) is 9.43. The predicted octanol–water partition coefficient (Wildman–Crippen LogP) is 1.63. The van der Waals surface area contributed by atoms with Crippen molar-refractivity contribution in [3.05, 3.63) is 41.7 Å². The molecule has 3 heterocycles. The maximum atomic E-state index is 13.3. The first-order valence-electron chi connectivity index (χ1n) is 12.1. The maximum Gasteiger partial charge on any atom is 0.255 e. The van der Waals surface area contributed by atoms with Gasteiger partial charge in [0.15, 0.2) is 0 Å². The highest BCUT2D eigenvalue weighted by Crippen LogP contribution is 2.39. The molecule has 2 aliphatic rings. The van der Waals surface area contributed by atoms with Crippen molar-refractivity contribution < 1.29 is 29.3 Å². The van der Waals surface area contributed by atoms with Crippen molar-refractivity contribution in [2.45, 2.75) is 31.9 Å². The molecule has 36 heavy (non-hydrogen) atoms. The Morgan fingerprint density at radius 3 is 2.75 bits per heavy atom. The van der Waals surface area contributed by atoms with E-state index in [0.717, 1.165) is 16.9 Å². The molecule has 2 aromatic heterocycles. The minimum atomic E-state index is -0.929. The zero-order chi connectivity index (χ0) is 25.4. The minimum absolute atomic E-state index is 0.0546. The molecule has 5 rings (SSSR count). The Hall–Kier alpha value is -3.63. The number of carbonyl (C=O) groups is 2. The number of aliphatic hydroxyl groups is 2. The Morgan fingerprint density at radius 1 is 1.22 bits per heavy atom. The van der Waals surface area contributed by atoms with E-state index in [1.807, 2.05) is 24.3 Å². The van der Waals surface area contributed by atoms with Crippen LogP contribution in [0.3, 0.4) is 0 Å². The third kappa shape index (κ3) is 4.61. The van der Waals surface area contributed by atoms with E-state index in [-0.39, 0.29) is 13.1 Å². The molecule has 10 nitrogen and oxygen atoms in total. The lowest BCUT2D eigenvalue weighted by Gasteiger charge is -2.16. The summed E-state index contributed by atoms with van der Waals surface area (Å²) in [6.07, 6.45) is 3.08. The van der Waals surface area contributed by atoms with Crippen LogP contribution in [-0.4, -0.2) is 82.5 Å². The number of nitrogens with one attached hydrogen (secondary N) is 2. The molecule has 2 fully saturated rings. The minimum Gasteiger partial charge on any atom is -0.497 e. The molecule has 1 aromatic carbocycles. The number of aromatic amines is 1. The smallest absolute Gasteiger partial charge is 0.255 e. The number of carbonyl (C=O) groups excluding carboxylic acids is 2. The number of hydrogen-bond donors (Lipinski definition) is 4. The van der Waals surface area contributed by atoms with Crippen LogP contribution < -0.4 is 14.8 Å². The highest BCUT2D eigenvalue weighted by atomic mass is 16.5. The van der Waals surface area contributed by atoms with Gasteiger partial charge in [0, 0.05) is 36.1 Å². The van der Waals surface area contributed by atoms with Crippen LogP contribution in [0.2, 0.25) is 0 Å². The fourth-order valence-electron chi connectivity index (χ4n) is 4.65. The molecule has 0 spiro atoms. The fraction of sp³-hybridized carbons (Fsp3) is 0.423. The van der Waals surface area contributed by atoms with Gasteiger partial charge < -0.3 is 34.9 Å². The normalized spacial score (nSPS) is 19.5. The van der Waals surface area contributed by atoms with Gasteiger partial charge in [0.2, 0.25) is 5.91 Å². The molecule has 2 atom stereocenters. The number of fused-ring (bicyclic) bond motifs is 1. The van der Waals surface area contributed by atoms with Crippen LogP contribution in [-0.2, 0) is 4.79 Å². The first kappa shape index (κ1) is 24.1. The molecule has 1 aliphatic heterocycles. The summed E-state index contributed by atoms with van der Waals surface area (Å²) in [6, 6.07) is 6.89. The number of hydrogen-bond acceptors (Lipinski definition) is 7. The van der Waals surface area contributed by atoms with Crippen LogP contribution in [0.15, 0.2) is 30.5 Å². The van der Waals surface area contributed by atoms with Gasteiger partial charge in [-0.2, -0.15) is 0 Å². The summed E-state index contributed by atoms with van der Waals surface area (Å²) in [4.78, 5) is 34.2. The number of methoxy groups -OCH3 is 1. The lowest BCUT2D eigenvalue weighted by atomic mass is 10.0. The van der Waals surface area contributed by atoms with Gasteiger partial charge in [-0.05, 0) is 49.9 Å². The standard InChI is InChI=1S/C26H30N4O6/c1-14-23(26(34)29-19-10-30(11-20(19)32)22(33)12-31)25-24(28-14)17(7-8-27-25)18-9-16(35-2)5-6-21(18)36-13-15-3-4-15/h5-9,15,19-20,28,31-32H,3-4,10-13H2,1-2H3,(H,29,34)/t19-,20-/m1/s1. The van der Waals surface area contributed by atoms with E-state index < -0.39 is 30.6 Å². The number of likely N-dealkylation sites (tertiary alicyclic amines) is 1. The highest BCUT2D eigenvalue weighted by Gasteiger charge is 2.35. The van der Waals surface area contributed by atoms with Crippen LogP contribution in [0.1, 0.15) is 28.9 Å². The number of nitrogens with zero attached hydrogens (tertiary/aromatic N) is 2. The van der Waals surface area contributed by atoms with Crippen LogP contribution in [0.5, 0.6) is 11.5 Å². The number of β-amino-alcohol motifs (C(OH)–C–C–N with tert-alkyl or cyclic N) is 1. The van der Waals surface area contributed by atoms with Gasteiger partial charge in [-0.3, -0.25) is 14.6 Å². The third-order valence-electron chi connectivity index (χ3n) is 6.84. The van der Waals surface area contributed by atoms with Crippen molar-refractivity contribution in [2.24, 2.45) is 5.92 Å². The number of rotatable bonds is 8. The third-order valence-corrected chi connectivity index (χ3v) is 6.84. The zero-order valence-electron chi connectivity index (χ0n) is 20.3. The van der Waals surface area contributed by atoms with Gasteiger partial charge in [-0.25, -0.2) is 0 Å². The number of aromatic nitrogens is 2. The molecule has 0 unspecified atom stereocenters. The first-order chi connectivity index (χ1) is 17.4. The molecule has 3 aromatic rings. The quantitative estimate of drug-likeness (QED) is 0.374. The molecular weight excluding hydrogens is 464 g/mol. The Balaban J connectivity index is 1.47. The van der Waals surface area contributed by atoms with Gasteiger partial charge in [0.1, 0.15) is 23.6 Å². The lowest BCUT2D eigenvalue weighted by molar-refractivity contribution is -0.133. The van der Waals surface area contributed by atoms with Crippen molar-refractivity contribution in [1.82, 2.24) is 20.2 Å². The predicted molar refractivity (Wildman–Crippen MR) is 132 cm³/mol. The van der Waals surface area contributed by atoms with Crippen LogP contribution >= 0.6 is 0 Å². The molecule has 10 heteroatoms. The van der Waals surface area contributed by atoms with E-state index >= 15 is 0 Å². The molecule has 2 amide bonds. The van der Waals surface area contributed by atoms with Crippen LogP contribution in [0.25, 0.3) is 22.2 Å². The maximum absolute atomic E-state index is 13.3. The van der Waals surface area contributed by atoms with Crippen molar-refractivity contribution >= 4 is 22.8 Å². The van der Waals surface area contributed by atoms with Gasteiger partial charge in [0.25, 0.3) is 5.91 Å². The number of benzene rings is 1. The Morgan fingerprint density at radius 2 is 2.03 bits per heavy atom. The Labute approximate surface area is 208 Å². The second kappa shape index (κ2) is 9.79. The topological polar surface area (TPSA) is 137 Å². The Kier molecular flexibility index (Phi) is 6.55. The van der Waals surface area contributed by atoms with Gasteiger partial charge >= 0.3 is 0 Å². The summed E-state index contributed by atoms with van der Waals surface area (Å²) < 4.78 is 11.6. The highest BCUT2D eigenvalue weighted by molar-refractivity contribution is 6.10. The first-order valence-corrected chi connectivity index (χ1v) is 12.1. The van der Waals surface area contributed by atoms with E-state index in [0.29, 0.717) is 40.6 Å². The van der Waals surface area contributed by atoms with Crippen molar-refractivity contribution in [3.63, 3.8) is 0 Å². The largest absolute Gasteiger partial charge is 0.497 e. The summed E-state index contributed by atoms with van der Waals surface area (Å²) in [5.74, 6) is 1.12. The van der Waals surface area contributed by atoms with Crippen molar-refractivity contribution in [2.75, 3.05) is 33.4 Å². The monoisotopic (exact) mass is 494 g/mol. The van der Waals surface area contributed by atoms with Gasteiger partial charge in [-0.1, -0.05) is 0 Å². The second-order valence-corrected chi connectivity index (χ2v) is 9.43. The number of aliphatic hydroxyl groups excluding tert-OH is 2. The van der Waals surface area contributed by atoms with Crippen molar-refractivity contribution in [3.8, 4) is 22.6 Å². The number of amides is 2. The molecule has 1 saturated heterocycles. The van der Waals surface area contributed by atoms with E-state index in [1.165, 1.54) is 17.7 Å². The average molecular weight is 495 g/mol. The summed E-state index contributed by atoms with van der Waals surface area (Å²) in [6.45, 7) is 1.99. The molecule has 0 radical (unpaired) electrons. The molecule has 1 saturated carbocycles. The van der Waals surface area contributed by atoms with Gasteiger partial charge in [0.05, 0.1) is 36.9 Å². The lowest BCUT2D eigenvalue weighted by Crippen LogP contribution is -2.43. The van der Waals surface area contributed by atoms with E-state index in [4.69, 9.17) is 14.6 Å². The van der Waals surface area contributed by atoms with E-state index in [1.54, 1.807) is 20.2 Å². The molecular formula is C26H30N4O6. The van der Waals surface area contributed by atoms with Gasteiger partial charge in [-0.15, -0.1) is 0 Å². The van der Waals surface area contributed by atoms with E-state index in [9.17, 15) is 14.7 Å². The number of ether oxygens (including phenoxy) is 2. The average Bonchev–Trinajstić information content (AvgIpc) is 3.55. The Bertz CT molecular complexity index is 1300. The molecule has 0 bridgehead atoms. The van der Waals surface area contributed by atoms with Crippen LogP contribution in [0, 0.1) is 12.8 Å². The molecule has 190 valence electrons. The molecule has 1 aliphatic carbocycles. The number of aryl methyl sites for hydroxylation is 1. The fourth-order valence-corrected chi connectivity index (χ4v) is 4.65. The van der Waals surface area contributed by atoms with Crippen LogP contribution in [0.4, 0.5) is 0 Å².